The molecule has 0 saturated heterocycles. The number of hydrogen-bond acceptors (Lipinski definition) is 4. The van der Waals surface area contributed by atoms with E-state index in [4.69, 9.17) is 4.74 Å². The molecule has 3 aromatic rings. The monoisotopic (exact) mass is 346 g/mol. The van der Waals surface area contributed by atoms with Gasteiger partial charge in [-0.05, 0) is 35.4 Å². The number of aliphatic hydroxyl groups excluding tert-OH is 1. The number of nitrogens with zero attached hydrogens (tertiary/aromatic N) is 1. The highest BCUT2D eigenvalue weighted by molar-refractivity contribution is 5.85. The van der Waals surface area contributed by atoms with Crippen molar-refractivity contribution in [3.8, 4) is 11.5 Å². The van der Waals surface area contributed by atoms with E-state index >= 15 is 0 Å². The molecule has 0 heterocycles. The summed E-state index contributed by atoms with van der Waals surface area (Å²) < 4.78 is 5.75. The molecule has 130 valence electrons. The minimum absolute atomic E-state index is 0.512. The summed E-state index contributed by atoms with van der Waals surface area (Å²) in [7, 11) is 0. The molecule has 0 fully saturated rings. The van der Waals surface area contributed by atoms with Gasteiger partial charge in [0, 0.05) is 0 Å². The van der Waals surface area contributed by atoms with Crippen LogP contribution in [-0.4, -0.2) is 17.2 Å². The van der Waals surface area contributed by atoms with Crippen LogP contribution in [0.1, 0.15) is 17.2 Å². The first-order valence-corrected chi connectivity index (χ1v) is 8.11. The molecule has 2 N–H and O–H groups in total. The van der Waals surface area contributed by atoms with E-state index in [1.165, 1.54) is 6.21 Å². The lowest BCUT2D eigenvalue weighted by Gasteiger charge is -2.08. The van der Waals surface area contributed by atoms with Crippen molar-refractivity contribution in [2.24, 2.45) is 5.10 Å². The largest absolute Gasteiger partial charge is 0.457 e. The van der Waals surface area contributed by atoms with E-state index in [0.717, 1.165) is 11.3 Å². The average molecular weight is 346 g/mol. The van der Waals surface area contributed by atoms with Crippen LogP contribution < -0.4 is 10.2 Å². The smallest absolute Gasteiger partial charge is 0.273 e. The van der Waals surface area contributed by atoms with E-state index in [-0.39, 0.29) is 0 Å². The van der Waals surface area contributed by atoms with Gasteiger partial charge in [-0.25, -0.2) is 5.43 Å². The third kappa shape index (κ3) is 4.78. The van der Waals surface area contributed by atoms with Crippen LogP contribution >= 0.6 is 0 Å². The number of carbonyl (C=O) groups is 1. The minimum atomic E-state index is -1.26. The number of rotatable bonds is 6. The highest BCUT2D eigenvalue weighted by atomic mass is 16.5. The summed E-state index contributed by atoms with van der Waals surface area (Å²) in [6.07, 6.45) is 0.231. The van der Waals surface area contributed by atoms with Gasteiger partial charge < -0.3 is 9.84 Å². The van der Waals surface area contributed by atoms with Crippen LogP contribution in [0.3, 0.4) is 0 Å². The minimum Gasteiger partial charge on any atom is -0.457 e. The van der Waals surface area contributed by atoms with Crippen molar-refractivity contribution >= 4 is 12.1 Å². The molecule has 0 radical (unpaired) electrons. The van der Waals surface area contributed by atoms with E-state index < -0.39 is 12.0 Å². The Morgan fingerprint density at radius 2 is 1.58 bits per heavy atom. The fourth-order valence-electron chi connectivity index (χ4n) is 2.30. The fourth-order valence-corrected chi connectivity index (χ4v) is 2.30. The fraction of sp³-hybridized carbons (Fsp3) is 0.0476. The Morgan fingerprint density at radius 1 is 0.923 bits per heavy atom. The second-order valence-corrected chi connectivity index (χ2v) is 5.54. The molecular weight excluding hydrogens is 328 g/mol. The van der Waals surface area contributed by atoms with Gasteiger partial charge >= 0.3 is 0 Å². The van der Waals surface area contributed by atoms with E-state index in [1.807, 2.05) is 54.6 Å². The van der Waals surface area contributed by atoms with Gasteiger partial charge in [0.15, 0.2) is 6.10 Å². The Balaban J connectivity index is 1.60. The molecule has 0 aliphatic carbocycles. The van der Waals surface area contributed by atoms with Gasteiger partial charge in [-0.15, -0.1) is 0 Å². The predicted octanol–water partition coefficient (Wildman–Crippen LogP) is 3.66. The number of amides is 1. The molecule has 0 spiro atoms. The molecular formula is C21H18N2O3. The molecule has 26 heavy (non-hydrogen) atoms. The van der Waals surface area contributed by atoms with Crippen LogP contribution in [0.15, 0.2) is 90.0 Å². The van der Waals surface area contributed by atoms with Gasteiger partial charge in [-0.1, -0.05) is 60.7 Å². The molecule has 0 bridgehead atoms. The molecule has 1 amide bonds. The number of para-hydroxylation sites is 1. The van der Waals surface area contributed by atoms with Crippen molar-refractivity contribution in [2.75, 3.05) is 0 Å². The summed E-state index contributed by atoms with van der Waals surface area (Å²) in [6, 6.07) is 25.4. The van der Waals surface area contributed by atoms with Crippen LogP contribution in [0.5, 0.6) is 11.5 Å². The van der Waals surface area contributed by atoms with E-state index in [0.29, 0.717) is 11.3 Å². The number of hydrogen-bond donors (Lipinski definition) is 2. The van der Waals surface area contributed by atoms with Crippen LogP contribution in [0, 0.1) is 0 Å². The lowest BCUT2D eigenvalue weighted by molar-refractivity contribution is -0.129. The highest BCUT2D eigenvalue weighted by Gasteiger charge is 2.15. The second-order valence-electron chi connectivity index (χ2n) is 5.54. The summed E-state index contributed by atoms with van der Waals surface area (Å²) in [6.45, 7) is 0. The van der Waals surface area contributed by atoms with Crippen molar-refractivity contribution in [1.29, 1.82) is 0 Å². The number of nitrogens with one attached hydrogen (secondary N) is 1. The maximum atomic E-state index is 11.9. The zero-order valence-electron chi connectivity index (χ0n) is 13.9. The first kappa shape index (κ1) is 17.4. The lowest BCUT2D eigenvalue weighted by Crippen LogP contribution is -2.25. The molecule has 0 aliphatic rings. The molecule has 0 aliphatic heterocycles. The second kappa shape index (κ2) is 8.60. The highest BCUT2D eigenvalue weighted by Crippen LogP contribution is 2.21. The van der Waals surface area contributed by atoms with E-state index in [2.05, 4.69) is 10.5 Å². The van der Waals surface area contributed by atoms with Crippen molar-refractivity contribution in [2.45, 2.75) is 6.10 Å². The summed E-state index contributed by atoms with van der Waals surface area (Å²) in [5.41, 5.74) is 3.61. The van der Waals surface area contributed by atoms with Gasteiger partial charge in [0.1, 0.15) is 11.5 Å². The average Bonchev–Trinajstić information content (AvgIpc) is 2.69. The number of aliphatic hydroxyl groups is 1. The number of hydrazone groups is 1. The molecule has 0 saturated carbocycles. The quantitative estimate of drug-likeness (QED) is 0.528. The van der Waals surface area contributed by atoms with Crippen LogP contribution in [0.2, 0.25) is 0 Å². The Bertz CT molecular complexity index is 880. The first-order valence-electron chi connectivity index (χ1n) is 8.11. The molecule has 5 nitrogen and oxygen atoms in total. The van der Waals surface area contributed by atoms with Crippen molar-refractivity contribution in [3.05, 3.63) is 96.1 Å². The SMILES string of the molecule is O=C(N/N=C/c1cccc(Oc2ccccc2)c1)C(O)c1ccccc1. The zero-order valence-corrected chi connectivity index (χ0v) is 13.9. The van der Waals surface area contributed by atoms with Gasteiger partial charge in [-0.3, -0.25) is 4.79 Å². The van der Waals surface area contributed by atoms with Crippen LogP contribution in [-0.2, 0) is 4.79 Å². The number of ether oxygens (including phenoxy) is 1. The third-order valence-electron chi connectivity index (χ3n) is 3.59. The first-order chi connectivity index (χ1) is 12.7. The summed E-state index contributed by atoms with van der Waals surface area (Å²) in [4.78, 5) is 11.9. The predicted molar refractivity (Wildman–Crippen MR) is 100 cm³/mol. The molecule has 3 aromatic carbocycles. The van der Waals surface area contributed by atoms with E-state index in [1.54, 1.807) is 30.3 Å². The van der Waals surface area contributed by atoms with Crippen LogP contribution in [0.25, 0.3) is 0 Å². The summed E-state index contributed by atoms with van der Waals surface area (Å²) in [5, 5.41) is 13.9. The van der Waals surface area contributed by atoms with Crippen LogP contribution in [0.4, 0.5) is 0 Å². The normalized spacial score (nSPS) is 11.9. The molecule has 1 atom stereocenters. The zero-order chi connectivity index (χ0) is 18.2. The maximum absolute atomic E-state index is 11.9. The van der Waals surface area contributed by atoms with Gasteiger partial charge in [0.2, 0.25) is 0 Å². The standard InChI is InChI=1S/C21H18N2O3/c24-20(17-9-3-1-4-10-17)21(25)23-22-15-16-8-7-13-19(14-16)26-18-11-5-2-6-12-18/h1-15,20,24H,(H,23,25)/b22-15+. The Kier molecular flexibility index (Phi) is 5.75. The Labute approximate surface area is 151 Å². The third-order valence-corrected chi connectivity index (χ3v) is 3.59. The molecule has 1 unspecified atom stereocenters. The van der Waals surface area contributed by atoms with Crippen molar-refractivity contribution in [1.82, 2.24) is 5.43 Å². The van der Waals surface area contributed by atoms with Gasteiger partial charge in [0.05, 0.1) is 6.21 Å². The summed E-state index contributed by atoms with van der Waals surface area (Å²) in [5.74, 6) is 0.806. The summed E-state index contributed by atoms with van der Waals surface area (Å²) >= 11 is 0. The lowest BCUT2D eigenvalue weighted by atomic mass is 10.1. The Morgan fingerprint density at radius 3 is 2.31 bits per heavy atom. The molecule has 5 heteroatoms. The molecule has 3 rings (SSSR count). The van der Waals surface area contributed by atoms with Gasteiger partial charge in [-0.2, -0.15) is 5.10 Å². The van der Waals surface area contributed by atoms with Crippen molar-refractivity contribution < 1.29 is 14.6 Å². The van der Waals surface area contributed by atoms with E-state index in [9.17, 15) is 9.90 Å². The molecule has 0 aromatic heterocycles. The topological polar surface area (TPSA) is 70.9 Å². The number of carbonyl (C=O) groups excluding carboxylic acids is 1. The van der Waals surface area contributed by atoms with Crippen molar-refractivity contribution in [3.63, 3.8) is 0 Å². The van der Waals surface area contributed by atoms with Gasteiger partial charge in [0.25, 0.3) is 5.91 Å². The number of benzene rings is 3. The maximum Gasteiger partial charge on any atom is 0.273 e. The Hall–Kier alpha value is -3.44.